The fourth-order valence-corrected chi connectivity index (χ4v) is 5.74. The molecule has 9 atom stereocenters. The highest BCUT2D eigenvalue weighted by Crippen LogP contribution is 2.34. The Kier molecular flexibility index (Phi) is 10.5. The van der Waals surface area contributed by atoms with Gasteiger partial charge in [-0.05, 0) is 49.8 Å². The molecule has 5 rings (SSSR count). The molecule has 1 aliphatic carbocycles. The van der Waals surface area contributed by atoms with E-state index >= 15 is 0 Å². The maximum atomic E-state index is 14.8. The van der Waals surface area contributed by atoms with Gasteiger partial charge in [-0.25, -0.2) is 4.39 Å². The van der Waals surface area contributed by atoms with Gasteiger partial charge in [0.1, 0.15) is 50.0 Å². The van der Waals surface area contributed by atoms with Gasteiger partial charge in [0.15, 0.2) is 17.7 Å². The Balaban J connectivity index is 1.16. The number of phenolic OH excluding ortho intramolecular Hbond substituents is 1. The van der Waals surface area contributed by atoms with Crippen molar-refractivity contribution in [3.63, 3.8) is 0 Å². The molecule has 2 aliphatic heterocycles. The van der Waals surface area contributed by atoms with Crippen LogP contribution in [0.25, 0.3) is 6.08 Å². The van der Waals surface area contributed by atoms with Crippen molar-refractivity contribution in [3.8, 4) is 11.5 Å². The summed E-state index contributed by atoms with van der Waals surface area (Å²) in [6.07, 6.45) is -8.14. The first-order chi connectivity index (χ1) is 21.4. The minimum absolute atomic E-state index is 0.0388. The molecule has 0 aromatic heterocycles. The van der Waals surface area contributed by atoms with Crippen molar-refractivity contribution < 1.29 is 53.4 Å². The summed E-state index contributed by atoms with van der Waals surface area (Å²) < 4.78 is 36.6. The standard InChI is InChI=1S/C30H33Cl2FN2O10/c1-13(29(40)34-23-24(37)26(39)28-27(25(23)38)41-12-42-28)7-15-3-6-21(20(36)8-15)44-30-19(33)10-22(45-30)14(2)35-43-11-16-4-5-17(31)9-18(16)32/h3-9,19,22-28,30,36-39H,10-12H2,1-2H3,(H,34,40)/b13-7+,35-14+/t19-,22-,23+,24?,25+,26?,27-,28?,30+/m0/s1. The monoisotopic (exact) mass is 670 g/mol. The van der Waals surface area contributed by atoms with Crippen molar-refractivity contribution in [1.82, 2.24) is 5.32 Å². The Labute approximate surface area is 267 Å². The lowest BCUT2D eigenvalue weighted by molar-refractivity contribution is -0.155. The van der Waals surface area contributed by atoms with Gasteiger partial charge in [0.05, 0.1) is 11.8 Å². The second-order valence-electron chi connectivity index (χ2n) is 11.0. The molecule has 12 nitrogen and oxygen atoms in total. The second-order valence-corrected chi connectivity index (χ2v) is 11.9. The molecule has 5 N–H and O–H groups in total. The molecule has 1 amide bonds. The number of fused-ring (bicyclic) bond motifs is 1. The van der Waals surface area contributed by atoms with Crippen molar-refractivity contribution in [2.24, 2.45) is 5.16 Å². The van der Waals surface area contributed by atoms with Crippen LogP contribution in [-0.4, -0.2) is 94.0 Å². The van der Waals surface area contributed by atoms with Gasteiger partial charge in [0.2, 0.25) is 12.2 Å². The van der Waals surface area contributed by atoms with Gasteiger partial charge < -0.3 is 49.5 Å². The third-order valence-corrected chi connectivity index (χ3v) is 8.40. The quantitative estimate of drug-likeness (QED) is 0.152. The zero-order valence-corrected chi connectivity index (χ0v) is 25.7. The van der Waals surface area contributed by atoms with E-state index in [2.05, 4.69) is 10.5 Å². The number of carbonyl (C=O) groups is 1. The lowest BCUT2D eigenvalue weighted by atomic mass is 9.83. The summed E-state index contributed by atoms with van der Waals surface area (Å²) in [5.41, 5.74) is 1.64. The molecule has 0 bridgehead atoms. The largest absolute Gasteiger partial charge is 0.504 e. The molecule has 45 heavy (non-hydrogen) atoms. The molecule has 3 unspecified atom stereocenters. The molecule has 244 valence electrons. The number of phenols is 1. The lowest BCUT2D eigenvalue weighted by Crippen LogP contribution is -2.67. The Morgan fingerprint density at radius 1 is 1.09 bits per heavy atom. The Morgan fingerprint density at radius 2 is 1.82 bits per heavy atom. The molecule has 15 heteroatoms. The predicted octanol–water partition coefficient (Wildman–Crippen LogP) is 2.85. The van der Waals surface area contributed by atoms with Gasteiger partial charge in [0, 0.05) is 27.6 Å². The number of nitrogens with one attached hydrogen (secondary N) is 1. The minimum Gasteiger partial charge on any atom is -0.504 e. The van der Waals surface area contributed by atoms with E-state index in [1.165, 1.54) is 31.2 Å². The van der Waals surface area contributed by atoms with E-state index in [0.717, 1.165) is 0 Å². The van der Waals surface area contributed by atoms with Crippen molar-refractivity contribution >= 4 is 40.9 Å². The van der Waals surface area contributed by atoms with Crippen LogP contribution in [0.3, 0.4) is 0 Å². The number of hydrogen-bond acceptors (Lipinski definition) is 11. The molecule has 2 heterocycles. The summed E-state index contributed by atoms with van der Waals surface area (Å²) in [7, 11) is 0. The van der Waals surface area contributed by atoms with Crippen LogP contribution in [-0.2, 0) is 30.4 Å². The third-order valence-electron chi connectivity index (χ3n) is 7.81. The zero-order valence-electron chi connectivity index (χ0n) is 24.2. The number of aliphatic hydroxyl groups excluding tert-OH is 3. The van der Waals surface area contributed by atoms with Crippen LogP contribution in [0.2, 0.25) is 10.0 Å². The molecule has 3 aliphatic rings. The van der Waals surface area contributed by atoms with Gasteiger partial charge >= 0.3 is 0 Å². The number of oxime groups is 1. The molecule has 2 saturated heterocycles. The number of carbonyl (C=O) groups excluding carboxylic acids is 1. The summed E-state index contributed by atoms with van der Waals surface area (Å²) >= 11 is 12.0. The maximum Gasteiger partial charge on any atom is 0.247 e. The predicted molar refractivity (Wildman–Crippen MR) is 159 cm³/mol. The topological polar surface area (TPSA) is 169 Å². The molecule has 0 radical (unpaired) electrons. The minimum atomic E-state index is -1.52. The first-order valence-corrected chi connectivity index (χ1v) is 14.8. The first kappa shape index (κ1) is 33.4. The van der Waals surface area contributed by atoms with Gasteiger partial charge in [-0.1, -0.05) is 40.5 Å². The normalized spacial score (nSPS) is 31.9. The zero-order chi connectivity index (χ0) is 32.4. The number of aromatic hydroxyl groups is 1. The number of amides is 1. The van der Waals surface area contributed by atoms with Gasteiger partial charge in [-0.3, -0.25) is 4.79 Å². The SMILES string of the molecule is C/C(=C\c1ccc(O[C@@H]2O[C@H](/C(C)=N/OCc3ccc(Cl)cc3Cl)C[C@@H]2F)c(O)c1)C(=O)N[C@@H]1C(O)C(O)C2OCO[C@H]2[C@@H]1O. The first-order valence-electron chi connectivity index (χ1n) is 14.1. The Bertz CT molecular complexity index is 1460. The van der Waals surface area contributed by atoms with E-state index in [9.17, 15) is 29.6 Å². The van der Waals surface area contributed by atoms with Gasteiger partial charge in [0.25, 0.3) is 0 Å². The van der Waals surface area contributed by atoms with Crippen LogP contribution < -0.4 is 10.1 Å². The smallest absolute Gasteiger partial charge is 0.247 e. The average molecular weight is 672 g/mol. The summed E-state index contributed by atoms with van der Waals surface area (Å²) in [6.45, 7) is 3.05. The van der Waals surface area contributed by atoms with Crippen LogP contribution in [0.15, 0.2) is 47.1 Å². The molecule has 0 spiro atoms. The second kappa shape index (κ2) is 14.2. The maximum absolute atomic E-state index is 14.8. The van der Waals surface area contributed by atoms with E-state index in [1.807, 2.05) is 0 Å². The van der Waals surface area contributed by atoms with Gasteiger partial charge in [-0.15, -0.1) is 0 Å². The number of rotatable bonds is 9. The van der Waals surface area contributed by atoms with Crippen molar-refractivity contribution in [1.29, 1.82) is 0 Å². The number of nitrogens with zero attached hydrogens (tertiary/aromatic N) is 1. The number of benzene rings is 2. The summed E-state index contributed by atoms with van der Waals surface area (Å²) in [5.74, 6) is -0.998. The van der Waals surface area contributed by atoms with Crippen molar-refractivity contribution in [2.75, 3.05) is 6.79 Å². The summed E-state index contributed by atoms with van der Waals surface area (Å²) in [6, 6.07) is 8.01. The van der Waals surface area contributed by atoms with Crippen LogP contribution >= 0.6 is 23.2 Å². The highest BCUT2D eigenvalue weighted by atomic mass is 35.5. The molecule has 2 aromatic carbocycles. The molecule has 1 saturated carbocycles. The average Bonchev–Trinajstić information content (AvgIpc) is 3.64. The fraction of sp³-hybridized carbons (Fsp3) is 0.467. The number of ether oxygens (including phenoxy) is 4. The summed E-state index contributed by atoms with van der Waals surface area (Å²) in [5, 5.41) is 49.3. The molecular weight excluding hydrogens is 638 g/mol. The molecule has 3 fully saturated rings. The van der Waals surface area contributed by atoms with E-state index in [1.54, 1.807) is 25.1 Å². The Morgan fingerprint density at radius 3 is 2.53 bits per heavy atom. The number of halogens is 3. The highest BCUT2D eigenvalue weighted by molar-refractivity contribution is 6.35. The van der Waals surface area contributed by atoms with Crippen LogP contribution in [0, 0.1) is 0 Å². The number of aliphatic hydroxyl groups is 3. The van der Waals surface area contributed by atoms with E-state index in [-0.39, 0.29) is 36.9 Å². The van der Waals surface area contributed by atoms with Crippen LogP contribution in [0.5, 0.6) is 11.5 Å². The van der Waals surface area contributed by atoms with E-state index in [4.69, 9.17) is 47.0 Å². The lowest BCUT2D eigenvalue weighted by Gasteiger charge is -2.41. The van der Waals surface area contributed by atoms with Crippen LogP contribution in [0.4, 0.5) is 4.39 Å². The Hall–Kier alpha value is -3.01. The van der Waals surface area contributed by atoms with Crippen molar-refractivity contribution in [2.45, 2.75) is 82.0 Å². The van der Waals surface area contributed by atoms with Crippen molar-refractivity contribution in [3.05, 3.63) is 63.1 Å². The fourth-order valence-electron chi connectivity index (χ4n) is 5.28. The van der Waals surface area contributed by atoms with E-state index < -0.39 is 61.0 Å². The number of alkyl halides is 1. The van der Waals surface area contributed by atoms with Crippen LogP contribution in [0.1, 0.15) is 31.4 Å². The summed E-state index contributed by atoms with van der Waals surface area (Å²) in [4.78, 5) is 18.2. The third kappa shape index (κ3) is 7.53. The molecular formula is C30H33Cl2FN2O10. The highest BCUT2D eigenvalue weighted by Gasteiger charge is 2.53. The van der Waals surface area contributed by atoms with Gasteiger partial charge in [-0.2, -0.15) is 0 Å². The van der Waals surface area contributed by atoms with E-state index in [0.29, 0.717) is 26.9 Å². The number of hydrogen-bond donors (Lipinski definition) is 5. The molecule has 2 aromatic rings.